The number of fused-ring (bicyclic) bond motifs is 1. The Balaban J connectivity index is 1.81. The minimum atomic E-state index is -0.107. The first kappa shape index (κ1) is 15.8. The maximum absolute atomic E-state index is 11.9. The summed E-state index contributed by atoms with van der Waals surface area (Å²) in [5.41, 5.74) is 2.32. The van der Waals surface area contributed by atoms with E-state index in [2.05, 4.69) is 14.9 Å². The summed E-state index contributed by atoms with van der Waals surface area (Å²) in [6, 6.07) is 5.51. The van der Waals surface area contributed by atoms with Gasteiger partial charge in [0.15, 0.2) is 16.3 Å². The predicted octanol–water partition coefficient (Wildman–Crippen LogP) is 2.10. The molecular formula is C16H19N3O3S. The summed E-state index contributed by atoms with van der Waals surface area (Å²) in [5.74, 6) is 0.678. The monoisotopic (exact) mass is 333 g/mol. The van der Waals surface area contributed by atoms with E-state index in [1.807, 2.05) is 19.1 Å². The second-order valence-electron chi connectivity index (χ2n) is 5.52. The Morgan fingerprint density at radius 3 is 3.00 bits per heavy atom. The van der Waals surface area contributed by atoms with Gasteiger partial charge < -0.3 is 14.8 Å². The largest absolute Gasteiger partial charge is 0.504 e. The molecule has 0 bridgehead atoms. The third-order valence-corrected chi connectivity index (χ3v) is 4.17. The Bertz CT molecular complexity index is 828. The Kier molecular flexibility index (Phi) is 4.49. The summed E-state index contributed by atoms with van der Waals surface area (Å²) in [5, 5.41) is 10.3. The molecule has 3 rings (SSSR count). The molecule has 2 aromatic rings. The Morgan fingerprint density at radius 1 is 1.39 bits per heavy atom. The SMILES string of the molecule is CCOc1cccc(CN2CCc3c([nH]c(=S)[nH]c3=O)C2)c1O. The van der Waals surface area contributed by atoms with Gasteiger partial charge in [-0.05, 0) is 31.6 Å². The number of ether oxygens (including phenoxy) is 1. The molecule has 0 spiro atoms. The summed E-state index contributed by atoms with van der Waals surface area (Å²) in [6.07, 6.45) is 0.655. The van der Waals surface area contributed by atoms with E-state index in [1.165, 1.54) is 0 Å². The predicted molar refractivity (Wildman–Crippen MR) is 89.3 cm³/mol. The van der Waals surface area contributed by atoms with E-state index in [0.717, 1.165) is 23.4 Å². The number of benzene rings is 1. The highest BCUT2D eigenvalue weighted by molar-refractivity contribution is 7.71. The molecule has 0 amide bonds. The molecule has 3 N–H and O–H groups in total. The van der Waals surface area contributed by atoms with Crippen LogP contribution in [0.5, 0.6) is 11.5 Å². The summed E-state index contributed by atoms with van der Waals surface area (Å²) in [6.45, 7) is 4.32. The number of rotatable bonds is 4. The molecular weight excluding hydrogens is 314 g/mol. The van der Waals surface area contributed by atoms with Crippen molar-refractivity contribution in [3.63, 3.8) is 0 Å². The van der Waals surface area contributed by atoms with Crippen LogP contribution in [0.4, 0.5) is 0 Å². The molecule has 2 heterocycles. The molecule has 0 atom stereocenters. The quantitative estimate of drug-likeness (QED) is 0.747. The second kappa shape index (κ2) is 6.55. The number of para-hydroxylation sites is 1. The number of nitrogens with zero attached hydrogens (tertiary/aromatic N) is 1. The van der Waals surface area contributed by atoms with Crippen molar-refractivity contribution in [2.45, 2.75) is 26.4 Å². The van der Waals surface area contributed by atoms with Gasteiger partial charge in [-0.3, -0.25) is 14.7 Å². The minimum Gasteiger partial charge on any atom is -0.504 e. The number of hydrogen-bond acceptors (Lipinski definition) is 5. The fourth-order valence-electron chi connectivity index (χ4n) is 2.87. The van der Waals surface area contributed by atoms with Gasteiger partial charge in [-0.15, -0.1) is 0 Å². The van der Waals surface area contributed by atoms with Gasteiger partial charge in [0.25, 0.3) is 5.56 Å². The number of nitrogens with one attached hydrogen (secondary N) is 2. The van der Waals surface area contributed by atoms with Crippen LogP contribution in [0.2, 0.25) is 0 Å². The minimum absolute atomic E-state index is 0.107. The average molecular weight is 333 g/mol. The molecule has 0 radical (unpaired) electrons. The van der Waals surface area contributed by atoms with Crippen LogP contribution in [0.25, 0.3) is 0 Å². The second-order valence-corrected chi connectivity index (χ2v) is 5.93. The molecule has 0 saturated carbocycles. The van der Waals surface area contributed by atoms with Gasteiger partial charge in [0.1, 0.15) is 0 Å². The van der Waals surface area contributed by atoms with Crippen molar-refractivity contribution in [1.29, 1.82) is 0 Å². The number of phenols is 1. The van der Waals surface area contributed by atoms with Crippen LogP contribution in [-0.2, 0) is 19.5 Å². The molecule has 6 nitrogen and oxygen atoms in total. The lowest BCUT2D eigenvalue weighted by molar-refractivity contribution is 0.235. The van der Waals surface area contributed by atoms with Crippen LogP contribution in [0.3, 0.4) is 0 Å². The Labute approximate surface area is 138 Å². The topological polar surface area (TPSA) is 81.3 Å². The summed E-state index contributed by atoms with van der Waals surface area (Å²) >= 11 is 5.03. The summed E-state index contributed by atoms with van der Waals surface area (Å²) in [7, 11) is 0. The van der Waals surface area contributed by atoms with E-state index >= 15 is 0 Å². The van der Waals surface area contributed by atoms with E-state index in [-0.39, 0.29) is 11.3 Å². The maximum Gasteiger partial charge on any atom is 0.255 e. The number of hydrogen-bond donors (Lipinski definition) is 3. The number of aromatic nitrogens is 2. The van der Waals surface area contributed by atoms with Gasteiger partial charge in [-0.2, -0.15) is 0 Å². The molecule has 23 heavy (non-hydrogen) atoms. The number of H-pyrrole nitrogens is 2. The molecule has 0 fully saturated rings. The average Bonchev–Trinajstić information content (AvgIpc) is 2.51. The molecule has 1 aromatic heterocycles. The maximum atomic E-state index is 11.9. The van der Waals surface area contributed by atoms with Gasteiger partial charge >= 0.3 is 0 Å². The smallest absolute Gasteiger partial charge is 0.255 e. The molecule has 0 unspecified atom stereocenters. The van der Waals surface area contributed by atoms with Gasteiger partial charge in [-0.25, -0.2) is 0 Å². The van der Waals surface area contributed by atoms with Gasteiger partial charge in [0.2, 0.25) is 0 Å². The van der Waals surface area contributed by atoms with Crippen molar-refractivity contribution in [2.75, 3.05) is 13.2 Å². The van der Waals surface area contributed by atoms with Crippen LogP contribution in [0, 0.1) is 4.77 Å². The van der Waals surface area contributed by atoms with Crippen molar-refractivity contribution in [2.24, 2.45) is 0 Å². The number of aromatic hydroxyl groups is 1. The summed E-state index contributed by atoms with van der Waals surface area (Å²) < 4.78 is 5.76. The van der Waals surface area contributed by atoms with E-state index < -0.39 is 0 Å². The Hall–Kier alpha value is -2.12. The van der Waals surface area contributed by atoms with Crippen LogP contribution in [0.1, 0.15) is 23.7 Å². The van der Waals surface area contributed by atoms with Crippen LogP contribution in [-0.4, -0.2) is 33.1 Å². The molecule has 7 heteroatoms. The molecule has 0 saturated heterocycles. The van der Waals surface area contributed by atoms with Crippen molar-refractivity contribution >= 4 is 12.2 Å². The van der Waals surface area contributed by atoms with Gasteiger partial charge in [0.05, 0.1) is 6.61 Å². The first-order valence-corrected chi connectivity index (χ1v) is 7.99. The highest BCUT2D eigenvalue weighted by Gasteiger charge is 2.21. The van der Waals surface area contributed by atoms with Crippen molar-refractivity contribution < 1.29 is 9.84 Å². The van der Waals surface area contributed by atoms with Gasteiger partial charge in [-0.1, -0.05) is 12.1 Å². The Morgan fingerprint density at radius 2 is 2.22 bits per heavy atom. The number of phenolic OH excluding ortho intramolecular Hbond substituents is 1. The molecule has 1 aliphatic rings. The first-order valence-electron chi connectivity index (χ1n) is 7.59. The fourth-order valence-corrected chi connectivity index (χ4v) is 3.09. The van der Waals surface area contributed by atoms with E-state index in [9.17, 15) is 9.90 Å². The van der Waals surface area contributed by atoms with E-state index in [1.54, 1.807) is 6.07 Å². The van der Waals surface area contributed by atoms with Crippen molar-refractivity contribution in [1.82, 2.24) is 14.9 Å². The highest BCUT2D eigenvalue weighted by atomic mass is 32.1. The zero-order chi connectivity index (χ0) is 16.4. The lowest BCUT2D eigenvalue weighted by atomic mass is 10.1. The normalized spacial score (nSPS) is 14.5. The van der Waals surface area contributed by atoms with Crippen LogP contribution >= 0.6 is 12.2 Å². The zero-order valence-electron chi connectivity index (χ0n) is 12.9. The zero-order valence-corrected chi connectivity index (χ0v) is 13.7. The molecule has 122 valence electrons. The fraction of sp³-hybridized carbons (Fsp3) is 0.375. The third kappa shape index (κ3) is 3.30. The van der Waals surface area contributed by atoms with Crippen LogP contribution < -0.4 is 10.3 Å². The number of aromatic amines is 2. The standard InChI is InChI=1S/C16H19N3O3S/c1-2-22-13-5-3-4-10(14(13)20)8-19-7-6-11-12(9-19)17-16(23)18-15(11)21/h3-5,20H,2,6-9H2,1H3,(H2,17,18,21,23). The molecule has 0 aliphatic carbocycles. The summed E-state index contributed by atoms with van der Waals surface area (Å²) in [4.78, 5) is 19.8. The first-order chi connectivity index (χ1) is 11.1. The van der Waals surface area contributed by atoms with Crippen molar-refractivity contribution in [3.8, 4) is 11.5 Å². The molecule has 1 aromatic carbocycles. The van der Waals surface area contributed by atoms with Crippen LogP contribution in [0.15, 0.2) is 23.0 Å². The van der Waals surface area contributed by atoms with E-state index in [4.69, 9.17) is 17.0 Å². The highest BCUT2D eigenvalue weighted by Crippen LogP contribution is 2.31. The van der Waals surface area contributed by atoms with Gasteiger partial charge in [0, 0.05) is 36.5 Å². The lowest BCUT2D eigenvalue weighted by Crippen LogP contribution is -2.34. The van der Waals surface area contributed by atoms with Crippen molar-refractivity contribution in [3.05, 3.63) is 50.1 Å². The molecule has 1 aliphatic heterocycles. The lowest BCUT2D eigenvalue weighted by Gasteiger charge is -2.28. The van der Waals surface area contributed by atoms with E-state index in [0.29, 0.717) is 36.6 Å². The third-order valence-electron chi connectivity index (χ3n) is 3.97.